The Labute approximate surface area is 119 Å². The highest BCUT2D eigenvalue weighted by Crippen LogP contribution is 2.32. The summed E-state index contributed by atoms with van der Waals surface area (Å²) in [6, 6.07) is 4.45. The number of likely N-dealkylation sites (tertiary alicyclic amines) is 1. The predicted molar refractivity (Wildman–Crippen MR) is 78.3 cm³/mol. The molecule has 0 saturated carbocycles. The Morgan fingerprint density at radius 3 is 2.89 bits per heavy atom. The third-order valence-corrected chi connectivity index (χ3v) is 5.43. The molecule has 1 atom stereocenters. The van der Waals surface area contributed by atoms with Crippen molar-refractivity contribution in [3.8, 4) is 0 Å². The molecule has 1 aromatic heterocycles. The largest absolute Gasteiger partial charge is 0.351 e. The van der Waals surface area contributed by atoms with Crippen molar-refractivity contribution >= 4 is 17.2 Å². The number of thiophene rings is 1. The summed E-state index contributed by atoms with van der Waals surface area (Å²) in [5, 5.41) is 3.23. The molecule has 1 aromatic rings. The third kappa shape index (κ3) is 3.00. The molecule has 0 aromatic carbocycles. The van der Waals surface area contributed by atoms with Crippen LogP contribution in [-0.2, 0) is 11.3 Å². The summed E-state index contributed by atoms with van der Waals surface area (Å²) >= 11 is 1.90. The predicted octanol–water partition coefficient (Wildman–Crippen LogP) is 2.69. The fourth-order valence-corrected chi connectivity index (χ4v) is 4.28. The average Bonchev–Trinajstić information content (AvgIpc) is 2.87. The van der Waals surface area contributed by atoms with Gasteiger partial charge in [-0.1, -0.05) is 0 Å². The van der Waals surface area contributed by atoms with Gasteiger partial charge in [0.15, 0.2) is 0 Å². The van der Waals surface area contributed by atoms with Gasteiger partial charge >= 0.3 is 0 Å². The maximum Gasteiger partial charge on any atom is 0.220 e. The minimum Gasteiger partial charge on any atom is -0.351 e. The van der Waals surface area contributed by atoms with E-state index in [9.17, 15) is 4.79 Å². The lowest BCUT2D eigenvalue weighted by Crippen LogP contribution is -2.42. The van der Waals surface area contributed by atoms with Crippen LogP contribution >= 0.6 is 11.3 Å². The second kappa shape index (κ2) is 5.25. The van der Waals surface area contributed by atoms with E-state index in [1.165, 1.54) is 16.2 Å². The highest BCUT2D eigenvalue weighted by atomic mass is 32.1. The van der Waals surface area contributed by atoms with Crippen LogP contribution in [-0.4, -0.2) is 29.4 Å². The summed E-state index contributed by atoms with van der Waals surface area (Å²) in [4.78, 5) is 16.9. The van der Waals surface area contributed by atoms with Crippen molar-refractivity contribution in [2.24, 2.45) is 0 Å². The normalized spacial score (nSPS) is 28.6. The highest BCUT2D eigenvalue weighted by molar-refractivity contribution is 7.11. The van der Waals surface area contributed by atoms with Crippen LogP contribution < -0.4 is 5.32 Å². The topological polar surface area (TPSA) is 32.3 Å². The molecule has 1 amide bonds. The number of carbonyl (C=O) groups excluding carboxylic acids is 1. The first-order valence-electron chi connectivity index (χ1n) is 7.24. The van der Waals surface area contributed by atoms with Crippen LogP contribution in [0.15, 0.2) is 12.1 Å². The lowest BCUT2D eigenvalue weighted by atomic mass is 9.89. The first-order chi connectivity index (χ1) is 9.15. The fraction of sp³-hybridized carbons (Fsp3) is 0.667. The SMILES string of the molecule is Cc1ccc(CN2CCC[C@]3(CCC(=O)N3)CC2)s1. The van der Waals surface area contributed by atoms with Crippen LogP contribution in [0.2, 0.25) is 0 Å². The van der Waals surface area contributed by atoms with E-state index in [-0.39, 0.29) is 11.4 Å². The van der Waals surface area contributed by atoms with Crippen molar-refractivity contribution in [2.75, 3.05) is 13.1 Å². The van der Waals surface area contributed by atoms with Gasteiger partial charge in [0.2, 0.25) is 5.91 Å². The van der Waals surface area contributed by atoms with Gasteiger partial charge in [-0.3, -0.25) is 9.69 Å². The molecule has 3 nitrogen and oxygen atoms in total. The Kier molecular flexibility index (Phi) is 3.63. The molecule has 2 saturated heterocycles. The summed E-state index contributed by atoms with van der Waals surface area (Å²) in [6.07, 6.45) is 5.23. The first kappa shape index (κ1) is 13.1. The Bertz CT molecular complexity index is 470. The van der Waals surface area contributed by atoms with Crippen LogP contribution in [0.5, 0.6) is 0 Å². The maximum atomic E-state index is 11.5. The van der Waals surface area contributed by atoms with E-state index < -0.39 is 0 Å². The van der Waals surface area contributed by atoms with Gasteiger partial charge in [0.1, 0.15) is 0 Å². The Morgan fingerprint density at radius 1 is 1.32 bits per heavy atom. The summed E-state index contributed by atoms with van der Waals surface area (Å²) in [5.41, 5.74) is 0.122. The second-order valence-electron chi connectivity index (χ2n) is 5.97. The van der Waals surface area contributed by atoms with Gasteiger partial charge < -0.3 is 5.32 Å². The highest BCUT2D eigenvalue weighted by Gasteiger charge is 2.38. The molecule has 1 spiro atoms. The zero-order chi connectivity index (χ0) is 13.3. The molecule has 0 bridgehead atoms. The lowest BCUT2D eigenvalue weighted by molar-refractivity contribution is -0.119. The van der Waals surface area contributed by atoms with Gasteiger partial charge in [-0.15, -0.1) is 11.3 Å². The molecule has 3 heterocycles. The molecule has 19 heavy (non-hydrogen) atoms. The number of amides is 1. The average molecular weight is 278 g/mol. The molecule has 1 N–H and O–H groups in total. The van der Waals surface area contributed by atoms with Crippen molar-refractivity contribution in [1.82, 2.24) is 10.2 Å². The standard InChI is InChI=1S/C15H22N2OS/c1-12-3-4-13(19-12)11-17-9-2-6-15(8-10-17)7-5-14(18)16-15/h3-4H,2,5-11H2,1H3,(H,16,18)/t15-/m0/s1. The van der Waals surface area contributed by atoms with Crippen molar-refractivity contribution < 1.29 is 4.79 Å². The number of nitrogens with one attached hydrogen (secondary N) is 1. The van der Waals surface area contributed by atoms with Crippen molar-refractivity contribution in [1.29, 1.82) is 0 Å². The molecule has 0 radical (unpaired) electrons. The number of carbonyl (C=O) groups is 1. The summed E-state index contributed by atoms with van der Waals surface area (Å²) in [7, 11) is 0. The molecule has 104 valence electrons. The second-order valence-corrected chi connectivity index (χ2v) is 7.34. The molecule has 2 fully saturated rings. The van der Waals surface area contributed by atoms with Crippen LogP contribution in [0.3, 0.4) is 0 Å². The molecular weight excluding hydrogens is 256 g/mol. The van der Waals surface area contributed by atoms with Crippen LogP contribution in [0.25, 0.3) is 0 Å². The minimum atomic E-state index is 0.122. The molecule has 2 aliphatic rings. The van der Waals surface area contributed by atoms with Crippen molar-refractivity contribution in [3.05, 3.63) is 21.9 Å². The van der Waals surface area contributed by atoms with Crippen LogP contribution in [0.1, 0.15) is 41.9 Å². The molecule has 0 unspecified atom stereocenters. The summed E-state index contributed by atoms with van der Waals surface area (Å²) < 4.78 is 0. The van der Waals surface area contributed by atoms with E-state index in [1.807, 2.05) is 11.3 Å². The van der Waals surface area contributed by atoms with Crippen LogP contribution in [0.4, 0.5) is 0 Å². The van der Waals surface area contributed by atoms with E-state index in [2.05, 4.69) is 29.3 Å². The Morgan fingerprint density at radius 2 is 2.21 bits per heavy atom. The third-order valence-electron chi connectivity index (χ3n) is 4.45. The Hall–Kier alpha value is -0.870. The minimum absolute atomic E-state index is 0.122. The first-order valence-corrected chi connectivity index (χ1v) is 8.06. The van der Waals surface area contributed by atoms with Gasteiger partial charge in [-0.2, -0.15) is 0 Å². The zero-order valence-electron chi connectivity index (χ0n) is 11.6. The molecule has 0 aliphatic carbocycles. The van der Waals surface area contributed by atoms with Gasteiger partial charge in [0.25, 0.3) is 0 Å². The summed E-state index contributed by atoms with van der Waals surface area (Å²) in [5.74, 6) is 0.252. The molecular formula is C15H22N2OS. The number of nitrogens with zero attached hydrogens (tertiary/aromatic N) is 1. The molecule has 2 aliphatic heterocycles. The van der Waals surface area contributed by atoms with Gasteiger partial charge in [0.05, 0.1) is 0 Å². The van der Waals surface area contributed by atoms with Gasteiger partial charge in [-0.05, 0) is 51.3 Å². The quantitative estimate of drug-likeness (QED) is 0.902. The number of hydrogen-bond donors (Lipinski definition) is 1. The van der Waals surface area contributed by atoms with E-state index in [0.717, 1.165) is 45.3 Å². The Balaban J connectivity index is 1.60. The van der Waals surface area contributed by atoms with Crippen molar-refractivity contribution in [2.45, 2.75) is 51.1 Å². The van der Waals surface area contributed by atoms with Gasteiger partial charge in [-0.25, -0.2) is 0 Å². The van der Waals surface area contributed by atoms with E-state index in [4.69, 9.17) is 0 Å². The van der Waals surface area contributed by atoms with E-state index in [0.29, 0.717) is 0 Å². The maximum absolute atomic E-state index is 11.5. The smallest absolute Gasteiger partial charge is 0.220 e. The van der Waals surface area contributed by atoms with E-state index in [1.54, 1.807) is 0 Å². The van der Waals surface area contributed by atoms with Crippen LogP contribution in [0, 0.1) is 6.92 Å². The molecule has 3 rings (SSSR count). The van der Waals surface area contributed by atoms with Crippen molar-refractivity contribution in [3.63, 3.8) is 0 Å². The van der Waals surface area contributed by atoms with Gasteiger partial charge in [0, 0.05) is 34.8 Å². The van der Waals surface area contributed by atoms with E-state index >= 15 is 0 Å². The number of aryl methyl sites for hydroxylation is 1. The summed E-state index contributed by atoms with van der Waals surface area (Å²) in [6.45, 7) is 5.51. The monoisotopic (exact) mass is 278 g/mol. The number of rotatable bonds is 2. The lowest BCUT2D eigenvalue weighted by Gasteiger charge is -2.27. The molecule has 4 heteroatoms. The number of hydrogen-bond acceptors (Lipinski definition) is 3. The zero-order valence-corrected chi connectivity index (χ0v) is 12.4. The fourth-order valence-electron chi connectivity index (χ4n) is 3.35.